The Kier molecular flexibility index (Phi) is 3.89. The van der Waals surface area contributed by atoms with E-state index in [0.29, 0.717) is 17.1 Å². The first-order valence-corrected chi connectivity index (χ1v) is 6.76. The maximum atomic E-state index is 12.3. The Morgan fingerprint density at radius 2 is 2.08 bits per heavy atom. The monoisotopic (exact) mass is 325 g/mol. The van der Waals surface area contributed by atoms with Crippen LogP contribution in [0.1, 0.15) is 10.4 Å². The summed E-state index contributed by atoms with van der Waals surface area (Å²) < 4.78 is 5.10. The van der Waals surface area contributed by atoms with Crippen molar-refractivity contribution in [2.45, 2.75) is 0 Å². The maximum absolute atomic E-state index is 12.3. The summed E-state index contributed by atoms with van der Waals surface area (Å²) in [6, 6.07) is 10.6. The number of amides is 1. The average molecular weight is 325 g/mol. The highest BCUT2D eigenvalue weighted by atomic mass is 16.6. The molecule has 1 aromatic heterocycles. The van der Waals surface area contributed by atoms with E-state index in [1.165, 1.54) is 18.5 Å². The molecule has 1 heterocycles. The molecule has 0 aliphatic carbocycles. The normalized spacial score (nSPS) is 10.3. The Labute approximate surface area is 135 Å². The number of hydrogen-bond donors (Lipinski definition) is 2. The summed E-state index contributed by atoms with van der Waals surface area (Å²) in [6.07, 6.45) is 1.20. The van der Waals surface area contributed by atoms with Crippen molar-refractivity contribution in [1.29, 1.82) is 0 Å². The zero-order chi connectivity index (χ0) is 17.1. The molecule has 0 bridgehead atoms. The highest BCUT2D eigenvalue weighted by molar-refractivity contribution is 6.05. The Morgan fingerprint density at radius 1 is 1.25 bits per heavy atom. The molecule has 3 aromatic rings. The molecule has 24 heavy (non-hydrogen) atoms. The van der Waals surface area contributed by atoms with Gasteiger partial charge >= 0.3 is 0 Å². The number of nitrogens with two attached hydrogens (primary N) is 1. The maximum Gasteiger partial charge on any atom is 0.292 e. The van der Waals surface area contributed by atoms with Gasteiger partial charge in [0.05, 0.1) is 4.92 Å². The van der Waals surface area contributed by atoms with Crippen LogP contribution in [0.2, 0.25) is 0 Å². The third kappa shape index (κ3) is 3.04. The highest BCUT2D eigenvalue weighted by Gasteiger charge is 2.16. The van der Waals surface area contributed by atoms with Crippen LogP contribution in [0, 0.1) is 10.1 Å². The molecule has 3 rings (SSSR count). The Bertz CT molecular complexity index is 908. The third-order valence-electron chi connectivity index (χ3n) is 3.22. The summed E-state index contributed by atoms with van der Waals surface area (Å²) in [5, 5.41) is 20.9. The van der Waals surface area contributed by atoms with Crippen molar-refractivity contribution >= 4 is 23.0 Å². The van der Waals surface area contributed by atoms with Crippen LogP contribution in [-0.2, 0) is 0 Å². The number of benzene rings is 2. The molecule has 0 spiro atoms. The van der Waals surface area contributed by atoms with E-state index >= 15 is 0 Å². The molecule has 1 amide bonds. The van der Waals surface area contributed by atoms with Crippen molar-refractivity contribution in [3.05, 3.63) is 64.5 Å². The molecule has 2 aromatic carbocycles. The molecule has 0 fully saturated rings. The number of hydrogen-bond acceptors (Lipinski definition) is 7. The van der Waals surface area contributed by atoms with Crippen LogP contribution in [0.3, 0.4) is 0 Å². The Balaban J connectivity index is 1.84. The van der Waals surface area contributed by atoms with Crippen molar-refractivity contribution in [1.82, 2.24) is 10.2 Å². The highest BCUT2D eigenvalue weighted by Crippen LogP contribution is 2.24. The number of nitrogens with zero attached hydrogens (tertiary/aromatic N) is 3. The van der Waals surface area contributed by atoms with Gasteiger partial charge in [0, 0.05) is 22.9 Å². The summed E-state index contributed by atoms with van der Waals surface area (Å²) in [4.78, 5) is 22.5. The molecule has 0 aliphatic heterocycles. The van der Waals surface area contributed by atoms with Gasteiger partial charge in [-0.3, -0.25) is 14.9 Å². The summed E-state index contributed by atoms with van der Waals surface area (Å²) in [6.45, 7) is 0. The molecule has 120 valence electrons. The fourth-order valence-electron chi connectivity index (χ4n) is 2.08. The van der Waals surface area contributed by atoms with Gasteiger partial charge in [-0.05, 0) is 30.3 Å². The fraction of sp³-hybridized carbons (Fsp3) is 0. The molecule has 9 heteroatoms. The molecule has 0 aliphatic rings. The van der Waals surface area contributed by atoms with Gasteiger partial charge < -0.3 is 15.5 Å². The molecular weight excluding hydrogens is 314 g/mol. The first-order chi connectivity index (χ1) is 11.5. The molecule has 0 saturated heterocycles. The summed E-state index contributed by atoms with van der Waals surface area (Å²) >= 11 is 0. The number of aromatic nitrogens is 2. The largest absolute Gasteiger partial charge is 0.423 e. The number of nitrogen functional groups attached to an aromatic ring is 1. The second kappa shape index (κ2) is 6.16. The van der Waals surface area contributed by atoms with Crippen molar-refractivity contribution in [3.8, 4) is 11.5 Å². The van der Waals surface area contributed by atoms with Crippen LogP contribution >= 0.6 is 0 Å². The van der Waals surface area contributed by atoms with E-state index in [0.717, 1.165) is 6.07 Å². The SMILES string of the molecule is Nc1ccc(C(=O)Nc2cccc(-c3nnco3)c2)cc1[N+](=O)[O-]. The van der Waals surface area contributed by atoms with Gasteiger partial charge in [-0.1, -0.05) is 6.07 Å². The van der Waals surface area contributed by atoms with E-state index in [1.54, 1.807) is 24.3 Å². The molecule has 0 unspecified atom stereocenters. The van der Waals surface area contributed by atoms with E-state index in [9.17, 15) is 14.9 Å². The van der Waals surface area contributed by atoms with Crippen LogP contribution in [0.15, 0.2) is 53.3 Å². The zero-order valence-electron chi connectivity index (χ0n) is 12.2. The van der Waals surface area contributed by atoms with Crippen molar-refractivity contribution in [3.63, 3.8) is 0 Å². The van der Waals surface area contributed by atoms with Crippen LogP contribution in [-0.4, -0.2) is 21.0 Å². The molecule has 0 atom stereocenters. The second-order valence-electron chi connectivity index (χ2n) is 4.81. The van der Waals surface area contributed by atoms with Crippen molar-refractivity contribution in [2.75, 3.05) is 11.1 Å². The fourth-order valence-corrected chi connectivity index (χ4v) is 2.08. The molecular formula is C15H11N5O4. The van der Waals surface area contributed by atoms with E-state index in [2.05, 4.69) is 15.5 Å². The summed E-state index contributed by atoms with van der Waals surface area (Å²) in [5.74, 6) is -0.185. The number of nitro benzene ring substituents is 1. The average Bonchev–Trinajstić information content (AvgIpc) is 3.09. The summed E-state index contributed by atoms with van der Waals surface area (Å²) in [7, 11) is 0. The van der Waals surface area contributed by atoms with Gasteiger partial charge in [0.15, 0.2) is 0 Å². The van der Waals surface area contributed by atoms with Crippen molar-refractivity contribution < 1.29 is 14.1 Å². The minimum Gasteiger partial charge on any atom is -0.423 e. The van der Waals surface area contributed by atoms with Gasteiger partial charge in [0.25, 0.3) is 11.6 Å². The topological polar surface area (TPSA) is 137 Å². The lowest BCUT2D eigenvalue weighted by atomic mass is 10.1. The number of nitro groups is 1. The number of anilines is 2. The lowest BCUT2D eigenvalue weighted by Gasteiger charge is -2.07. The Hall–Kier alpha value is -3.75. The van der Waals surface area contributed by atoms with Crippen LogP contribution in [0.25, 0.3) is 11.5 Å². The van der Waals surface area contributed by atoms with Crippen LogP contribution in [0.5, 0.6) is 0 Å². The lowest BCUT2D eigenvalue weighted by Crippen LogP contribution is -2.12. The first-order valence-electron chi connectivity index (χ1n) is 6.76. The second-order valence-corrected chi connectivity index (χ2v) is 4.81. The minimum atomic E-state index is -0.637. The first kappa shape index (κ1) is 15.2. The van der Waals surface area contributed by atoms with E-state index in [4.69, 9.17) is 10.2 Å². The van der Waals surface area contributed by atoms with Gasteiger partial charge in [-0.15, -0.1) is 10.2 Å². The Morgan fingerprint density at radius 3 is 2.79 bits per heavy atom. The number of rotatable bonds is 4. The predicted molar refractivity (Wildman–Crippen MR) is 85.2 cm³/mol. The molecule has 0 radical (unpaired) electrons. The van der Waals surface area contributed by atoms with E-state index < -0.39 is 10.8 Å². The summed E-state index contributed by atoms with van der Waals surface area (Å²) in [5.41, 5.74) is 6.44. The number of carbonyl (C=O) groups excluding carboxylic acids is 1. The van der Waals surface area contributed by atoms with E-state index in [1.807, 2.05) is 0 Å². The van der Waals surface area contributed by atoms with Crippen LogP contribution < -0.4 is 11.1 Å². The molecule has 3 N–H and O–H groups in total. The van der Waals surface area contributed by atoms with Crippen molar-refractivity contribution in [2.24, 2.45) is 0 Å². The van der Waals surface area contributed by atoms with Crippen LogP contribution in [0.4, 0.5) is 17.1 Å². The van der Waals surface area contributed by atoms with Gasteiger partial charge in [-0.2, -0.15) is 0 Å². The molecule has 9 nitrogen and oxygen atoms in total. The predicted octanol–water partition coefficient (Wildman–Crippen LogP) is 2.48. The standard InChI is InChI=1S/C15H11N5O4/c16-12-5-4-9(7-13(12)20(22)23)14(21)18-11-3-1-2-10(6-11)15-19-17-8-24-15/h1-8H,16H2,(H,18,21). The molecule has 0 saturated carbocycles. The number of carbonyl (C=O) groups is 1. The third-order valence-corrected chi connectivity index (χ3v) is 3.22. The smallest absolute Gasteiger partial charge is 0.292 e. The van der Waals surface area contributed by atoms with E-state index in [-0.39, 0.29) is 16.9 Å². The lowest BCUT2D eigenvalue weighted by molar-refractivity contribution is -0.383. The quantitative estimate of drug-likeness (QED) is 0.427. The zero-order valence-corrected chi connectivity index (χ0v) is 12.2. The van der Waals surface area contributed by atoms with Gasteiger partial charge in [0.1, 0.15) is 5.69 Å². The van der Waals surface area contributed by atoms with Gasteiger partial charge in [0.2, 0.25) is 12.3 Å². The minimum absolute atomic E-state index is 0.00468. The van der Waals surface area contributed by atoms with Gasteiger partial charge in [-0.25, -0.2) is 0 Å². The number of nitrogens with one attached hydrogen (secondary N) is 1.